The smallest absolute Gasteiger partial charge is 0.312 e. The molecule has 0 spiro atoms. The van der Waals surface area contributed by atoms with Crippen LogP contribution in [0.2, 0.25) is 0 Å². The van der Waals surface area contributed by atoms with Crippen LogP contribution in [0, 0.1) is 10.1 Å². The second kappa shape index (κ2) is 7.19. The van der Waals surface area contributed by atoms with Crippen LogP contribution in [-0.4, -0.2) is 37.3 Å². The molecule has 0 fully saturated rings. The number of nitro groups is 1. The van der Waals surface area contributed by atoms with Gasteiger partial charge in [0.1, 0.15) is 6.61 Å². The normalized spacial score (nSPS) is 11.4. The average Bonchev–Trinajstić information content (AvgIpc) is 2.45. The summed E-state index contributed by atoms with van der Waals surface area (Å²) < 4.78 is 31.1. The molecule has 0 aliphatic heterocycles. The first-order valence-electron chi connectivity index (χ1n) is 6.40. The average molecular weight is 314 g/mol. The van der Waals surface area contributed by atoms with Crippen molar-refractivity contribution in [3.05, 3.63) is 41.0 Å². The quantitative estimate of drug-likeness (QED) is 0.417. The molecule has 21 heavy (non-hydrogen) atoms. The molecule has 1 aromatic rings. The van der Waals surface area contributed by atoms with Crippen LogP contribution < -0.4 is 4.74 Å². The maximum Gasteiger partial charge on any atom is 0.312 e. The second-order valence-corrected chi connectivity index (χ2v) is 6.01. The number of nitro benzene ring substituents is 1. The Morgan fingerprint density at radius 1 is 1.38 bits per heavy atom. The zero-order chi connectivity index (χ0) is 16.0. The highest BCUT2D eigenvalue weighted by Crippen LogP contribution is 2.30. The molecule has 116 valence electrons. The minimum Gasteiger partial charge on any atom is -0.483 e. The lowest BCUT2D eigenvalue weighted by atomic mass is 10.3. The number of ether oxygens (including phenoxy) is 1. The number of nitrogens with zero attached hydrogens (tertiary/aromatic N) is 2. The third-order valence-corrected chi connectivity index (χ3v) is 4.87. The maximum absolute atomic E-state index is 12.3. The summed E-state index contributed by atoms with van der Waals surface area (Å²) in [6.07, 6.45) is 1.45. The van der Waals surface area contributed by atoms with Crippen molar-refractivity contribution in [3.63, 3.8) is 0 Å². The van der Waals surface area contributed by atoms with Gasteiger partial charge in [-0.1, -0.05) is 26.5 Å². The van der Waals surface area contributed by atoms with Gasteiger partial charge in [0.15, 0.2) is 5.75 Å². The Balaban J connectivity index is 3.31. The summed E-state index contributed by atoms with van der Waals surface area (Å²) in [4.78, 5) is 10.3. The lowest BCUT2D eigenvalue weighted by Crippen LogP contribution is -2.30. The molecule has 0 N–H and O–H groups in total. The standard InChI is InChI=1S/C13H18N2O5S/c1-4-9-20-13-8-7-11(10-12(13)15(16)17)21(18,19)14(5-2)6-3/h4,7-8,10H,1,5-6,9H2,2-3H3. The van der Waals surface area contributed by atoms with Gasteiger partial charge in [0.05, 0.1) is 9.82 Å². The predicted octanol–water partition coefficient (Wildman–Crippen LogP) is 2.19. The first-order chi connectivity index (χ1) is 9.88. The van der Waals surface area contributed by atoms with Crippen LogP contribution in [0.25, 0.3) is 0 Å². The van der Waals surface area contributed by atoms with Crippen molar-refractivity contribution in [3.8, 4) is 5.75 Å². The molecule has 0 aromatic heterocycles. The zero-order valence-electron chi connectivity index (χ0n) is 12.0. The third-order valence-electron chi connectivity index (χ3n) is 2.83. The predicted molar refractivity (Wildman–Crippen MR) is 78.9 cm³/mol. The van der Waals surface area contributed by atoms with Gasteiger partial charge in [-0.2, -0.15) is 4.31 Å². The van der Waals surface area contributed by atoms with E-state index in [2.05, 4.69) is 6.58 Å². The van der Waals surface area contributed by atoms with E-state index in [9.17, 15) is 18.5 Å². The van der Waals surface area contributed by atoms with Crippen molar-refractivity contribution in [1.29, 1.82) is 0 Å². The van der Waals surface area contributed by atoms with E-state index in [4.69, 9.17) is 4.74 Å². The van der Waals surface area contributed by atoms with Crippen LogP contribution >= 0.6 is 0 Å². The second-order valence-electron chi connectivity index (χ2n) is 4.08. The number of sulfonamides is 1. The lowest BCUT2D eigenvalue weighted by Gasteiger charge is -2.18. The summed E-state index contributed by atoms with van der Waals surface area (Å²) in [6, 6.07) is 3.61. The van der Waals surface area contributed by atoms with Crippen molar-refractivity contribution >= 4 is 15.7 Å². The van der Waals surface area contributed by atoms with Crippen molar-refractivity contribution in [2.75, 3.05) is 19.7 Å². The summed E-state index contributed by atoms with van der Waals surface area (Å²) in [6.45, 7) is 7.55. The highest BCUT2D eigenvalue weighted by Gasteiger charge is 2.26. The van der Waals surface area contributed by atoms with E-state index < -0.39 is 14.9 Å². The summed E-state index contributed by atoms with van der Waals surface area (Å²) >= 11 is 0. The fraction of sp³-hybridized carbons (Fsp3) is 0.385. The summed E-state index contributed by atoms with van der Waals surface area (Å²) in [5, 5.41) is 11.1. The van der Waals surface area contributed by atoms with Gasteiger partial charge in [-0.05, 0) is 12.1 Å². The van der Waals surface area contributed by atoms with E-state index in [-0.39, 0.29) is 22.9 Å². The van der Waals surface area contributed by atoms with E-state index in [0.29, 0.717) is 13.1 Å². The molecule has 0 atom stereocenters. The van der Waals surface area contributed by atoms with Gasteiger partial charge in [-0.3, -0.25) is 10.1 Å². The zero-order valence-corrected chi connectivity index (χ0v) is 12.8. The van der Waals surface area contributed by atoms with Crippen LogP contribution in [0.4, 0.5) is 5.69 Å². The van der Waals surface area contributed by atoms with E-state index in [1.165, 1.54) is 22.5 Å². The Kier molecular flexibility index (Phi) is 5.86. The van der Waals surface area contributed by atoms with E-state index in [0.717, 1.165) is 6.07 Å². The molecular formula is C13H18N2O5S. The molecule has 0 unspecified atom stereocenters. The van der Waals surface area contributed by atoms with Gasteiger partial charge >= 0.3 is 5.69 Å². The summed E-state index contributed by atoms with van der Waals surface area (Å²) in [5.74, 6) is 0.0124. The highest BCUT2D eigenvalue weighted by molar-refractivity contribution is 7.89. The molecule has 8 heteroatoms. The SMILES string of the molecule is C=CCOc1ccc(S(=O)(=O)N(CC)CC)cc1[N+](=O)[O-]. The first-order valence-corrected chi connectivity index (χ1v) is 7.84. The molecular weight excluding hydrogens is 296 g/mol. The van der Waals surface area contributed by atoms with Gasteiger partial charge in [0.2, 0.25) is 10.0 Å². The molecule has 0 saturated heterocycles. The molecule has 0 radical (unpaired) electrons. The molecule has 0 aliphatic carbocycles. The Hall–Kier alpha value is -1.93. The largest absolute Gasteiger partial charge is 0.483 e. The maximum atomic E-state index is 12.3. The number of hydrogen-bond donors (Lipinski definition) is 0. The molecule has 0 bridgehead atoms. The molecule has 0 aliphatic rings. The molecule has 0 saturated carbocycles. The van der Waals surface area contributed by atoms with Crippen molar-refractivity contribution in [1.82, 2.24) is 4.31 Å². The first kappa shape index (κ1) is 17.1. The van der Waals surface area contributed by atoms with Gasteiger partial charge in [-0.25, -0.2) is 8.42 Å². The molecule has 7 nitrogen and oxygen atoms in total. The van der Waals surface area contributed by atoms with Crippen LogP contribution in [0.1, 0.15) is 13.8 Å². The topological polar surface area (TPSA) is 89.8 Å². The fourth-order valence-electron chi connectivity index (χ4n) is 1.78. The van der Waals surface area contributed by atoms with E-state index in [1.807, 2.05) is 0 Å². The minimum atomic E-state index is -3.74. The summed E-state index contributed by atoms with van der Waals surface area (Å²) in [7, 11) is -3.74. The van der Waals surface area contributed by atoms with Gasteiger partial charge in [0.25, 0.3) is 0 Å². The Labute approximate surface area is 124 Å². The van der Waals surface area contributed by atoms with Crippen LogP contribution in [0.5, 0.6) is 5.75 Å². The lowest BCUT2D eigenvalue weighted by molar-refractivity contribution is -0.386. The van der Waals surface area contributed by atoms with Crippen LogP contribution in [0.15, 0.2) is 35.7 Å². The monoisotopic (exact) mass is 314 g/mol. The van der Waals surface area contributed by atoms with E-state index >= 15 is 0 Å². The molecule has 0 amide bonds. The van der Waals surface area contributed by atoms with Crippen LogP contribution in [0.3, 0.4) is 0 Å². The Morgan fingerprint density at radius 2 is 2.00 bits per heavy atom. The van der Waals surface area contributed by atoms with Gasteiger partial charge in [-0.15, -0.1) is 0 Å². The van der Waals surface area contributed by atoms with Crippen molar-refractivity contribution in [2.24, 2.45) is 0 Å². The molecule has 1 rings (SSSR count). The van der Waals surface area contributed by atoms with Gasteiger partial charge < -0.3 is 4.74 Å². The van der Waals surface area contributed by atoms with Crippen LogP contribution in [-0.2, 0) is 10.0 Å². The Bertz CT molecular complexity index is 623. The fourth-order valence-corrected chi connectivity index (χ4v) is 3.26. The number of rotatable bonds is 8. The van der Waals surface area contributed by atoms with Gasteiger partial charge in [0, 0.05) is 19.2 Å². The summed E-state index contributed by atoms with van der Waals surface area (Å²) in [5.41, 5.74) is -0.384. The highest BCUT2D eigenvalue weighted by atomic mass is 32.2. The number of hydrogen-bond acceptors (Lipinski definition) is 5. The molecule has 1 aromatic carbocycles. The van der Waals surface area contributed by atoms with Crippen molar-refractivity contribution in [2.45, 2.75) is 18.7 Å². The minimum absolute atomic E-state index is 0.0124. The van der Waals surface area contributed by atoms with Crippen molar-refractivity contribution < 1.29 is 18.1 Å². The van der Waals surface area contributed by atoms with E-state index in [1.54, 1.807) is 13.8 Å². The number of benzene rings is 1. The third kappa shape index (κ3) is 3.79. The molecule has 0 heterocycles. The Morgan fingerprint density at radius 3 is 2.48 bits per heavy atom.